The molecule has 2 aliphatic heterocycles. The van der Waals surface area contributed by atoms with Crippen LogP contribution in [0, 0.1) is 12.8 Å². The number of hydrogen-bond donors (Lipinski definition) is 3. The van der Waals surface area contributed by atoms with Crippen LogP contribution in [0.15, 0.2) is 42.6 Å². The first-order chi connectivity index (χ1) is 29.5. The molecule has 1 saturated heterocycles. The molecule has 0 spiro atoms. The molecule has 334 valence electrons. The van der Waals surface area contributed by atoms with Crippen LogP contribution in [0.5, 0.6) is 17.4 Å². The lowest BCUT2D eigenvalue weighted by molar-refractivity contribution is -0.142. The predicted octanol–water partition coefficient (Wildman–Crippen LogP) is 4.39. The molecule has 16 nitrogen and oxygen atoms in total. The van der Waals surface area contributed by atoms with Gasteiger partial charge in [-0.3, -0.25) is 28.6 Å². The molecule has 3 aromatic rings. The molecule has 4 fully saturated rings. The van der Waals surface area contributed by atoms with E-state index in [0.29, 0.717) is 71.5 Å². The smallest absolute Gasteiger partial charge is 0.408 e. The number of fused-ring (bicyclic) bond motifs is 3. The summed E-state index contributed by atoms with van der Waals surface area (Å²) >= 11 is 0. The highest BCUT2D eigenvalue weighted by Crippen LogP contribution is 2.46. The van der Waals surface area contributed by atoms with Gasteiger partial charge in [0.05, 0.1) is 24.4 Å². The summed E-state index contributed by atoms with van der Waals surface area (Å²) in [5.74, 6) is -2.31. The number of pyridine rings is 1. The van der Waals surface area contributed by atoms with Gasteiger partial charge in [-0.15, -0.1) is 0 Å². The lowest BCUT2D eigenvalue weighted by Crippen LogP contribution is -2.58. The molecule has 0 unspecified atom stereocenters. The molecule has 5 atom stereocenters. The Morgan fingerprint density at radius 2 is 1.79 bits per heavy atom. The molecule has 1 aromatic carbocycles. The highest BCUT2D eigenvalue weighted by Gasteiger charge is 2.62. The number of aryl methyl sites for hydroxylation is 1. The van der Waals surface area contributed by atoms with Crippen molar-refractivity contribution in [1.82, 2.24) is 35.0 Å². The first-order valence-electron chi connectivity index (χ1n) is 21.1. The van der Waals surface area contributed by atoms with Crippen molar-refractivity contribution in [2.24, 2.45) is 5.92 Å². The number of rotatable bonds is 11. The average Bonchev–Trinajstić information content (AvgIpc) is 4.09. The number of ether oxygens (including phenoxy) is 3. The number of nitrogens with one attached hydrogen (secondary N) is 3. The van der Waals surface area contributed by atoms with Gasteiger partial charge in [0.1, 0.15) is 53.6 Å². The van der Waals surface area contributed by atoms with Gasteiger partial charge in [-0.05, 0) is 82.9 Å². The fourth-order valence-electron chi connectivity index (χ4n) is 8.41. The van der Waals surface area contributed by atoms with E-state index in [9.17, 15) is 40.8 Å². The van der Waals surface area contributed by atoms with Gasteiger partial charge in [-0.25, -0.2) is 13.4 Å². The van der Waals surface area contributed by atoms with Gasteiger partial charge in [0.2, 0.25) is 27.7 Å². The highest BCUT2D eigenvalue weighted by molar-refractivity contribution is 7.91. The maximum absolute atomic E-state index is 14.8. The molecule has 5 aliphatic rings. The zero-order valence-corrected chi connectivity index (χ0v) is 35.2. The van der Waals surface area contributed by atoms with Crippen LogP contribution in [0.1, 0.15) is 93.1 Å². The second-order valence-corrected chi connectivity index (χ2v) is 18.9. The third-order valence-corrected chi connectivity index (χ3v) is 14.2. The van der Waals surface area contributed by atoms with E-state index in [1.807, 2.05) is 19.1 Å². The summed E-state index contributed by atoms with van der Waals surface area (Å²) < 4.78 is 86.3. The van der Waals surface area contributed by atoms with E-state index in [1.54, 1.807) is 25.3 Å². The normalized spacial score (nSPS) is 26.5. The lowest BCUT2D eigenvalue weighted by atomic mass is 9.96. The van der Waals surface area contributed by atoms with Crippen molar-refractivity contribution < 1.29 is 55.0 Å². The monoisotopic (exact) mass is 885 g/mol. The van der Waals surface area contributed by atoms with E-state index in [0.717, 1.165) is 37.1 Å². The Bertz CT molecular complexity index is 2380. The van der Waals surface area contributed by atoms with E-state index >= 15 is 0 Å². The highest BCUT2D eigenvalue weighted by atomic mass is 32.2. The standard InChI is InChI=1S/C42H50F3N7O9S/c1-24-33(59-2)16-15-29-34(20-35(47-36(24)29)61-26-10-8-11-26)60-27-19-32-38(54)48-41(40(56)50-62(57,58)28-13-14-28)21-25(41)9-6-4-3-5-7-12-31(39(55)52(32)22-27)46-37(53)30-17-18-51(49-30)23-42(43,44)45/h6,9,15-18,20,25-28,31-32H,3-5,7-8,10-14,19,21-23H2,1-2H3,(H,46,53)(H,48,54)(H,50,56)/b9-6-/t25-,27-,31+,32+,41-/m1/s1. The van der Waals surface area contributed by atoms with Crippen molar-refractivity contribution in [3.05, 3.63) is 53.9 Å². The Morgan fingerprint density at radius 1 is 1.00 bits per heavy atom. The second kappa shape index (κ2) is 17.0. The Morgan fingerprint density at radius 3 is 2.50 bits per heavy atom. The number of methoxy groups -OCH3 is 1. The van der Waals surface area contributed by atoms with Crippen molar-refractivity contribution in [1.29, 1.82) is 0 Å². The minimum Gasteiger partial charge on any atom is -0.496 e. The SMILES string of the molecule is COc1ccc2c(O[C@@H]3C[C@H]4C(=O)N[C@]5(C(=O)NS(=O)(=O)C6CC6)C[C@H]5/C=C\CCCCC[C@H](NC(=O)c5ccn(CC(F)(F)F)n5)C(=O)N4C3)cc(OC3CCC3)nc2c1C. The number of benzene rings is 1. The topological polar surface area (TPSA) is 200 Å². The fourth-order valence-corrected chi connectivity index (χ4v) is 9.77. The summed E-state index contributed by atoms with van der Waals surface area (Å²) in [6.45, 7) is 0.307. The van der Waals surface area contributed by atoms with Crippen molar-refractivity contribution in [3.63, 3.8) is 0 Å². The molecule has 62 heavy (non-hydrogen) atoms. The summed E-state index contributed by atoms with van der Waals surface area (Å²) in [7, 11) is -2.42. The predicted molar refractivity (Wildman–Crippen MR) is 217 cm³/mol. The third kappa shape index (κ3) is 9.34. The maximum Gasteiger partial charge on any atom is 0.408 e. The largest absolute Gasteiger partial charge is 0.496 e. The minimum absolute atomic E-state index is 0.0119. The van der Waals surface area contributed by atoms with Crippen LogP contribution >= 0.6 is 0 Å². The Hall–Kier alpha value is -5.40. The second-order valence-electron chi connectivity index (χ2n) is 17.0. The van der Waals surface area contributed by atoms with Gasteiger partial charge in [0, 0.05) is 35.6 Å². The summed E-state index contributed by atoms with van der Waals surface area (Å²) in [5.41, 5.74) is -0.618. The number of halogens is 3. The van der Waals surface area contributed by atoms with Crippen LogP contribution in [0.3, 0.4) is 0 Å². The van der Waals surface area contributed by atoms with Gasteiger partial charge in [0.15, 0.2) is 0 Å². The zero-order valence-electron chi connectivity index (χ0n) is 34.4. The van der Waals surface area contributed by atoms with Gasteiger partial charge in [0.25, 0.3) is 11.8 Å². The van der Waals surface area contributed by atoms with Crippen molar-refractivity contribution >= 4 is 44.6 Å². The molecular formula is C42H50F3N7O9S. The average molecular weight is 886 g/mol. The van der Waals surface area contributed by atoms with E-state index in [-0.39, 0.29) is 37.6 Å². The van der Waals surface area contributed by atoms with E-state index < -0.39 is 81.3 Å². The number of carbonyl (C=O) groups excluding carboxylic acids is 4. The van der Waals surface area contributed by atoms with Crippen LogP contribution in [-0.4, -0.2) is 107 Å². The quantitative estimate of drug-likeness (QED) is 0.231. The van der Waals surface area contributed by atoms with Crippen molar-refractivity contribution in [2.75, 3.05) is 13.7 Å². The molecule has 2 aromatic heterocycles. The number of aromatic nitrogens is 3. The molecule has 20 heteroatoms. The molecule has 4 amide bonds. The first-order valence-corrected chi connectivity index (χ1v) is 22.7. The molecule has 0 radical (unpaired) electrons. The number of nitrogens with zero attached hydrogens (tertiary/aromatic N) is 4. The van der Waals surface area contributed by atoms with E-state index in [1.165, 1.54) is 4.90 Å². The molecular weight excluding hydrogens is 836 g/mol. The number of carbonyl (C=O) groups is 4. The maximum atomic E-state index is 14.8. The number of allylic oxidation sites excluding steroid dienone is 1. The number of hydrogen-bond acceptors (Lipinski definition) is 11. The van der Waals surface area contributed by atoms with Crippen LogP contribution in [0.4, 0.5) is 13.2 Å². The van der Waals surface area contributed by atoms with Crippen LogP contribution in [0.25, 0.3) is 10.9 Å². The molecule has 3 saturated carbocycles. The minimum atomic E-state index is -4.58. The molecule has 4 heterocycles. The Labute approximate surface area is 356 Å². The molecule has 3 N–H and O–H groups in total. The Balaban J connectivity index is 1.11. The van der Waals surface area contributed by atoms with Crippen LogP contribution < -0.4 is 29.6 Å². The summed E-state index contributed by atoms with van der Waals surface area (Å²) in [6, 6.07) is 3.90. The summed E-state index contributed by atoms with van der Waals surface area (Å²) in [6.07, 6.45) is 5.54. The fraction of sp³-hybridized carbons (Fsp3) is 0.571. The van der Waals surface area contributed by atoms with Gasteiger partial charge < -0.3 is 29.7 Å². The Kier molecular flexibility index (Phi) is 11.9. The van der Waals surface area contributed by atoms with Gasteiger partial charge in [-0.1, -0.05) is 25.0 Å². The van der Waals surface area contributed by atoms with Crippen molar-refractivity contribution in [3.8, 4) is 17.4 Å². The molecule has 3 aliphatic carbocycles. The number of sulfonamides is 1. The van der Waals surface area contributed by atoms with Gasteiger partial charge in [-0.2, -0.15) is 18.3 Å². The van der Waals surface area contributed by atoms with Gasteiger partial charge >= 0.3 is 6.18 Å². The van der Waals surface area contributed by atoms with Crippen LogP contribution in [0.2, 0.25) is 0 Å². The number of alkyl halides is 3. The third-order valence-electron chi connectivity index (χ3n) is 12.3. The summed E-state index contributed by atoms with van der Waals surface area (Å²) in [4.78, 5) is 62.8. The van der Waals surface area contributed by atoms with E-state index in [4.69, 9.17) is 19.2 Å². The summed E-state index contributed by atoms with van der Waals surface area (Å²) in [5, 5.41) is 9.22. The first kappa shape index (κ1) is 43.3. The number of amides is 4. The molecule has 0 bridgehead atoms. The van der Waals surface area contributed by atoms with Crippen LogP contribution in [-0.2, 0) is 31.0 Å². The van der Waals surface area contributed by atoms with E-state index in [2.05, 4.69) is 20.5 Å². The zero-order chi connectivity index (χ0) is 44.0. The molecule has 8 rings (SSSR count). The lowest BCUT2D eigenvalue weighted by Gasteiger charge is -2.29. The van der Waals surface area contributed by atoms with Crippen molar-refractivity contribution in [2.45, 2.75) is 132 Å².